The zero-order chi connectivity index (χ0) is 14.6. The number of hydrogen-bond acceptors (Lipinski definition) is 3. The standard InChI is InChI=1S/C15H26O4/c1-10(5-4-6-11(2)14(17)18)12-7-8-15(3,19)13(16)9-12/h5,11-13,16,19H,4,6-9H2,1-3H3,(H,17,18). The average molecular weight is 270 g/mol. The van der Waals surface area contributed by atoms with Crippen LogP contribution in [0.25, 0.3) is 0 Å². The van der Waals surface area contributed by atoms with E-state index < -0.39 is 17.7 Å². The minimum atomic E-state index is -0.964. The number of carbonyl (C=O) groups is 1. The fraction of sp³-hybridized carbons (Fsp3) is 0.800. The van der Waals surface area contributed by atoms with Gasteiger partial charge in [0.15, 0.2) is 0 Å². The first-order chi connectivity index (χ1) is 8.74. The minimum absolute atomic E-state index is 0.301. The van der Waals surface area contributed by atoms with Crippen molar-refractivity contribution in [2.75, 3.05) is 0 Å². The summed E-state index contributed by atoms with van der Waals surface area (Å²) >= 11 is 0. The molecule has 4 atom stereocenters. The van der Waals surface area contributed by atoms with Gasteiger partial charge in [0, 0.05) is 0 Å². The number of carboxylic acid groups (broad SMARTS) is 1. The molecule has 0 aromatic heterocycles. The van der Waals surface area contributed by atoms with Crippen LogP contribution in [0.5, 0.6) is 0 Å². The summed E-state index contributed by atoms with van der Waals surface area (Å²) in [6.45, 7) is 5.43. The van der Waals surface area contributed by atoms with E-state index in [1.54, 1.807) is 13.8 Å². The molecule has 0 spiro atoms. The number of aliphatic hydroxyl groups is 2. The monoisotopic (exact) mass is 270 g/mol. The fourth-order valence-corrected chi connectivity index (χ4v) is 2.54. The molecule has 1 aliphatic rings. The van der Waals surface area contributed by atoms with E-state index in [2.05, 4.69) is 6.08 Å². The Morgan fingerprint density at radius 1 is 1.53 bits per heavy atom. The van der Waals surface area contributed by atoms with E-state index in [1.165, 1.54) is 5.57 Å². The zero-order valence-corrected chi connectivity index (χ0v) is 12.1. The molecule has 0 heterocycles. The Morgan fingerprint density at radius 3 is 2.68 bits per heavy atom. The van der Waals surface area contributed by atoms with E-state index in [0.29, 0.717) is 25.2 Å². The number of aliphatic hydroxyl groups excluding tert-OH is 1. The fourth-order valence-electron chi connectivity index (χ4n) is 2.54. The van der Waals surface area contributed by atoms with Gasteiger partial charge in [0.1, 0.15) is 0 Å². The highest BCUT2D eigenvalue weighted by molar-refractivity contribution is 5.69. The normalized spacial score (nSPS) is 34.1. The molecule has 19 heavy (non-hydrogen) atoms. The van der Waals surface area contributed by atoms with E-state index in [4.69, 9.17) is 5.11 Å². The second kappa shape index (κ2) is 6.53. The Kier molecular flexibility index (Phi) is 5.56. The SMILES string of the molecule is CC(=CCCC(C)C(=O)O)C1CCC(C)(O)C(O)C1. The molecule has 3 N–H and O–H groups in total. The lowest BCUT2D eigenvalue weighted by Gasteiger charge is -2.38. The van der Waals surface area contributed by atoms with Crippen molar-refractivity contribution in [1.29, 1.82) is 0 Å². The van der Waals surface area contributed by atoms with Gasteiger partial charge in [-0.2, -0.15) is 0 Å². The summed E-state index contributed by atoms with van der Waals surface area (Å²) in [6.07, 6.45) is 4.87. The number of rotatable bonds is 5. The maximum absolute atomic E-state index is 10.7. The van der Waals surface area contributed by atoms with Crippen LogP contribution < -0.4 is 0 Å². The lowest BCUT2D eigenvalue weighted by Crippen LogP contribution is -2.44. The van der Waals surface area contributed by atoms with Gasteiger partial charge < -0.3 is 15.3 Å². The maximum atomic E-state index is 10.7. The molecule has 1 aliphatic carbocycles. The van der Waals surface area contributed by atoms with E-state index in [0.717, 1.165) is 12.8 Å². The largest absolute Gasteiger partial charge is 0.481 e. The Morgan fingerprint density at radius 2 is 2.16 bits per heavy atom. The molecule has 4 heteroatoms. The van der Waals surface area contributed by atoms with E-state index >= 15 is 0 Å². The van der Waals surface area contributed by atoms with Gasteiger partial charge in [0.25, 0.3) is 0 Å². The van der Waals surface area contributed by atoms with Gasteiger partial charge in [-0.05, 0) is 51.9 Å². The number of aliphatic carboxylic acids is 1. The third-order valence-corrected chi connectivity index (χ3v) is 4.36. The summed E-state index contributed by atoms with van der Waals surface area (Å²) in [6, 6.07) is 0. The zero-order valence-electron chi connectivity index (χ0n) is 12.1. The first kappa shape index (κ1) is 16.2. The summed E-state index contributed by atoms with van der Waals surface area (Å²) in [7, 11) is 0. The smallest absolute Gasteiger partial charge is 0.306 e. The van der Waals surface area contributed by atoms with Crippen LogP contribution in [0.15, 0.2) is 11.6 Å². The van der Waals surface area contributed by atoms with Gasteiger partial charge >= 0.3 is 5.97 Å². The first-order valence-electron chi connectivity index (χ1n) is 7.04. The average Bonchev–Trinajstić information content (AvgIpc) is 2.32. The van der Waals surface area contributed by atoms with Gasteiger partial charge in [0.05, 0.1) is 17.6 Å². The van der Waals surface area contributed by atoms with Crippen molar-refractivity contribution < 1.29 is 20.1 Å². The summed E-state index contributed by atoms with van der Waals surface area (Å²) in [5, 5.41) is 28.6. The first-order valence-corrected chi connectivity index (χ1v) is 7.04. The van der Waals surface area contributed by atoms with Gasteiger partial charge in [0.2, 0.25) is 0 Å². The van der Waals surface area contributed by atoms with Crippen LogP contribution in [0.1, 0.15) is 52.9 Å². The second-order valence-corrected chi connectivity index (χ2v) is 6.11. The molecule has 110 valence electrons. The molecule has 0 amide bonds. The molecular formula is C15H26O4. The van der Waals surface area contributed by atoms with E-state index in [9.17, 15) is 15.0 Å². The Labute approximate surface area is 115 Å². The molecule has 1 rings (SSSR count). The molecule has 0 radical (unpaired) electrons. The van der Waals surface area contributed by atoms with Gasteiger partial charge in [-0.1, -0.05) is 18.6 Å². The highest BCUT2D eigenvalue weighted by Gasteiger charge is 2.37. The van der Waals surface area contributed by atoms with Crippen LogP contribution in [0.4, 0.5) is 0 Å². The number of hydrogen-bond donors (Lipinski definition) is 3. The van der Waals surface area contributed by atoms with Crippen molar-refractivity contribution in [3.63, 3.8) is 0 Å². The molecule has 1 saturated carbocycles. The minimum Gasteiger partial charge on any atom is -0.481 e. The van der Waals surface area contributed by atoms with Crippen molar-refractivity contribution >= 4 is 5.97 Å². The second-order valence-electron chi connectivity index (χ2n) is 6.11. The summed E-state index contributed by atoms with van der Waals surface area (Å²) < 4.78 is 0. The quantitative estimate of drug-likeness (QED) is 0.670. The highest BCUT2D eigenvalue weighted by atomic mass is 16.4. The third-order valence-electron chi connectivity index (χ3n) is 4.36. The molecule has 0 aliphatic heterocycles. The lowest BCUT2D eigenvalue weighted by atomic mass is 9.75. The van der Waals surface area contributed by atoms with Crippen molar-refractivity contribution in [1.82, 2.24) is 0 Å². The van der Waals surface area contributed by atoms with Crippen LogP contribution in [-0.4, -0.2) is 33.0 Å². The van der Waals surface area contributed by atoms with Gasteiger partial charge in [-0.15, -0.1) is 0 Å². The van der Waals surface area contributed by atoms with Crippen LogP contribution >= 0.6 is 0 Å². The Bertz CT molecular complexity index is 346. The molecule has 0 saturated heterocycles. The van der Waals surface area contributed by atoms with Gasteiger partial charge in [-0.3, -0.25) is 4.79 Å². The highest BCUT2D eigenvalue weighted by Crippen LogP contribution is 2.35. The van der Waals surface area contributed by atoms with E-state index in [1.807, 2.05) is 6.92 Å². The van der Waals surface area contributed by atoms with Crippen molar-refractivity contribution in [3.8, 4) is 0 Å². The van der Waals surface area contributed by atoms with Gasteiger partial charge in [-0.25, -0.2) is 0 Å². The molecule has 0 aromatic rings. The molecule has 4 nitrogen and oxygen atoms in total. The third kappa shape index (κ3) is 4.62. The van der Waals surface area contributed by atoms with Crippen molar-refractivity contribution in [3.05, 3.63) is 11.6 Å². The predicted octanol–water partition coefficient (Wildman–Crippen LogP) is 2.35. The van der Waals surface area contributed by atoms with Crippen molar-refractivity contribution in [2.24, 2.45) is 11.8 Å². The van der Waals surface area contributed by atoms with E-state index in [-0.39, 0.29) is 5.92 Å². The van der Waals surface area contributed by atoms with Crippen LogP contribution in [0.3, 0.4) is 0 Å². The lowest BCUT2D eigenvalue weighted by molar-refractivity contribution is -0.141. The predicted molar refractivity (Wildman–Crippen MR) is 73.8 cm³/mol. The molecule has 0 aromatic carbocycles. The summed E-state index contributed by atoms with van der Waals surface area (Å²) in [5.74, 6) is -0.771. The van der Waals surface area contributed by atoms with Crippen molar-refractivity contribution in [2.45, 2.75) is 64.6 Å². The van der Waals surface area contributed by atoms with Crippen LogP contribution in [-0.2, 0) is 4.79 Å². The molecular weight excluding hydrogens is 244 g/mol. The molecule has 0 bridgehead atoms. The molecule has 4 unspecified atom stereocenters. The summed E-state index contributed by atoms with van der Waals surface area (Å²) in [5.41, 5.74) is 0.237. The summed E-state index contributed by atoms with van der Waals surface area (Å²) in [4.78, 5) is 10.7. The maximum Gasteiger partial charge on any atom is 0.306 e. The topological polar surface area (TPSA) is 77.8 Å². The number of allylic oxidation sites excluding steroid dienone is 2. The van der Waals surface area contributed by atoms with Crippen LogP contribution in [0.2, 0.25) is 0 Å². The Balaban J connectivity index is 2.46. The van der Waals surface area contributed by atoms with Crippen LogP contribution in [0, 0.1) is 11.8 Å². The molecule has 1 fully saturated rings. The Hall–Kier alpha value is -0.870. The number of carboxylic acids is 1.